The predicted octanol–water partition coefficient (Wildman–Crippen LogP) is 1.80. The van der Waals surface area contributed by atoms with Crippen molar-refractivity contribution in [2.24, 2.45) is 0 Å². The first-order chi connectivity index (χ1) is 9.04. The third-order valence-electron chi connectivity index (χ3n) is 3.11. The average molecular weight is 270 g/mol. The fourth-order valence-corrected chi connectivity index (χ4v) is 1.90. The smallest absolute Gasteiger partial charge is 0.254 e. The lowest BCUT2D eigenvalue weighted by Gasteiger charge is -2.22. The zero-order valence-corrected chi connectivity index (χ0v) is 10.7. The molecule has 4 nitrogen and oxygen atoms in total. The van der Waals surface area contributed by atoms with E-state index in [1.54, 1.807) is 4.90 Å². The fourth-order valence-electron chi connectivity index (χ4n) is 1.90. The van der Waals surface area contributed by atoms with Crippen molar-refractivity contribution in [2.75, 3.05) is 26.0 Å². The number of amides is 1. The van der Waals surface area contributed by atoms with Crippen LogP contribution in [0.1, 0.15) is 23.2 Å². The molecule has 0 saturated heterocycles. The first-order valence-electron chi connectivity index (χ1n) is 6.09. The summed E-state index contributed by atoms with van der Waals surface area (Å²) < 4.78 is 31.7. The van der Waals surface area contributed by atoms with E-state index in [0.29, 0.717) is 13.2 Å². The van der Waals surface area contributed by atoms with Crippen LogP contribution in [0.15, 0.2) is 12.1 Å². The van der Waals surface area contributed by atoms with E-state index in [1.807, 2.05) is 0 Å². The topological polar surface area (TPSA) is 55.6 Å². The zero-order chi connectivity index (χ0) is 14.0. The van der Waals surface area contributed by atoms with Crippen LogP contribution in [0.5, 0.6) is 0 Å². The Morgan fingerprint density at radius 3 is 2.47 bits per heavy atom. The highest BCUT2D eigenvalue weighted by molar-refractivity contribution is 5.95. The van der Waals surface area contributed by atoms with E-state index < -0.39 is 23.2 Å². The van der Waals surface area contributed by atoms with Crippen molar-refractivity contribution in [2.45, 2.75) is 18.9 Å². The minimum absolute atomic E-state index is 0.0211. The van der Waals surface area contributed by atoms with E-state index >= 15 is 0 Å². The Morgan fingerprint density at radius 1 is 1.42 bits per heavy atom. The van der Waals surface area contributed by atoms with Crippen LogP contribution in [0, 0.1) is 11.6 Å². The molecule has 104 valence electrons. The molecule has 1 amide bonds. The van der Waals surface area contributed by atoms with Crippen LogP contribution < -0.4 is 5.73 Å². The van der Waals surface area contributed by atoms with Gasteiger partial charge in [-0.3, -0.25) is 4.79 Å². The molecule has 0 aliphatic heterocycles. The van der Waals surface area contributed by atoms with Crippen LogP contribution in [0.25, 0.3) is 0 Å². The highest BCUT2D eigenvalue weighted by Gasteiger charge is 2.33. The molecule has 1 aliphatic carbocycles. The van der Waals surface area contributed by atoms with Crippen molar-refractivity contribution in [1.29, 1.82) is 0 Å². The highest BCUT2D eigenvalue weighted by atomic mass is 19.1. The molecule has 0 unspecified atom stereocenters. The normalized spacial score (nSPS) is 14.5. The summed E-state index contributed by atoms with van der Waals surface area (Å²) in [4.78, 5) is 13.8. The van der Waals surface area contributed by atoms with E-state index in [0.717, 1.165) is 25.0 Å². The van der Waals surface area contributed by atoms with Gasteiger partial charge in [0.1, 0.15) is 17.3 Å². The summed E-state index contributed by atoms with van der Waals surface area (Å²) in [5.41, 5.74) is 4.60. The van der Waals surface area contributed by atoms with Gasteiger partial charge in [0, 0.05) is 25.3 Å². The molecule has 0 atom stereocenters. The minimum atomic E-state index is -0.911. The molecule has 1 saturated carbocycles. The molecule has 0 bridgehead atoms. The van der Waals surface area contributed by atoms with Gasteiger partial charge < -0.3 is 15.4 Å². The Bertz CT molecular complexity index is 467. The Morgan fingerprint density at radius 2 is 2.00 bits per heavy atom. The molecule has 19 heavy (non-hydrogen) atoms. The first kappa shape index (κ1) is 13.7. The van der Waals surface area contributed by atoms with Crippen LogP contribution in [-0.4, -0.2) is 37.1 Å². The van der Waals surface area contributed by atoms with Crippen molar-refractivity contribution < 1.29 is 18.3 Å². The number of carbonyl (C=O) groups excluding carboxylic acids is 1. The van der Waals surface area contributed by atoms with Crippen molar-refractivity contribution >= 4 is 11.6 Å². The Kier molecular flexibility index (Phi) is 3.99. The van der Waals surface area contributed by atoms with Crippen LogP contribution in [0.3, 0.4) is 0 Å². The number of halogens is 2. The van der Waals surface area contributed by atoms with Gasteiger partial charge in [-0.15, -0.1) is 0 Å². The Hall–Kier alpha value is -1.69. The van der Waals surface area contributed by atoms with Crippen LogP contribution in [0.4, 0.5) is 14.5 Å². The molecular weight excluding hydrogens is 254 g/mol. The maximum absolute atomic E-state index is 13.4. The maximum Gasteiger partial charge on any atom is 0.254 e. The molecule has 0 spiro atoms. The lowest BCUT2D eigenvalue weighted by atomic mass is 10.1. The molecule has 0 aromatic heterocycles. The lowest BCUT2D eigenvalue weighted by molar-refractivity contribution is 0.0679. The first-order valence-corrected chi connectivity index (χ1v) is 6.09. The van der Waals surface area contributed by atoms with E-state index in [9.17, 15) is 13.6 Å². The predicted molar refractivity (Wildman–Crippen MR) is 66.7 cm³/mol. The monoisotopic (exact) mass is 270 g/mol. The molecule has 6 heteroatoms. The summed E-state index contributed by atoms with van der Waals surface area (Å²) in [5, 5.41) is 0. The number of hydrogen-bond donors (Lipinski definition) is 1. The number of hydrogen-bond acceptors (Lipinski definition) is 3. The minimum Gasteiger partial charge on any atom is -0.394 e. The van der Waals surface area contributed by atoms with Gasteiger partial charge in [0.05, 0.1) is 6.61 Å². The van der Waals surface area contributed by atoms with Crippen molar-refractivity contribution in [1.82, 2.24) is 4.90 Å². The van der Waals surface area contributed by atoms with Crippen LogP contribution >= 0.6 is 0 Å². The van der Waals surface area contributed by atoms with Gasteiger partial charge in [-0.1, -0.05) is 0 Å². The van der Waals surface area contributed by atoms with E-state index in [1.165, 1.54) is 7.11 Å². The second kappa shape index (κ2) is 5.52. The van der Waals surface area contributed by atoms with Gasteiger partial charge in [-0.2, -0.15) is 0 Å². The zero-order valence-electron chi connectivity index (χ0n) is 10.7. The second-order valence-corrected chi connectivity index (χ2v) is 4.58. The van der Waals surface area contributed by atoms with Crippen LogP contribution in [0.2, 0.25) is 0 Å². The third kappa shape index (κ3) is 3.01. The number of rotatable bonds is 5. The van der Waals surface area contributed by atoms with Crippen LogP contribution in [-0.2, 0) is 4.74 Å². The molecule has 2 N–H and O–H groups in total. The molecule has 1 aromatic rings. The molecule has 1 aliphatic rings. The average Bonchev–Trinajstić information content (AvgIpc) is 3.20. The molecule has 0 heterocycles. The number of anilines is 1. The molecule has 1 aromatic carbocycles. The number of methoxy groups -OCH3 is 1. The molecular formula is C13H16F2N2O2. The number of ether oxygens (including phenoxy) is 1. The van der Waals surface area contributed by atoms with Gasteiger partial charge in [0.25, 0.3) is 5.91 Å². The Balaban J connectivity index is 2.21. The highest BCUT2D eigenvalue weighted by Crippen LogP contribution is 2.29. The van der Waals surface area contributed by atoms with Crippen molar-refractivity contribution in [3.63, 3.8) is 0 Å². The van der Waals surface area contributed by atoms with Gasteiger partial charge in [0.2, 0.25) is 0 Å². The lowest BCUT2D eigenvalue weighted by Crippen LogP contribution is -2.36. The number of nitrogens with zero attached hydrogens (tertiary/aromatic N) is 1. The van der Waals surface area contributed by atoms with E-state index in [-0.39, 0.29) is 11.6 Å². The SMILES string of the molecule is COCCN(C(=O)c1cc(F)c(N)c(F)c1)C1CC1. The van der Waals surface area contributed by atoms with Gasteiger partial charge in [-0.25, -0.2) is 8.78 Å². The number of nitrogen functional groups attached to an aromatic ring is 1. The standard InChI is InChI=1S/C13H16F2N2O2/c1-19-5-4-17(9-2-3-9)13(18)8-6-10(14)12(16)11(15)7-8/h6-7,9H,2-5,16H2,1H3. The number of benzene rings is 1. The summed E-state index contributed by atoms with van der Waals surface area (Å²) in [6.07, 6.45) is 1.82. The van der Waals surface area contributed by atoms with E-state index in [2.05, 4.69) is 0 Å². The molecule has 1 fully saturated rings. The summed E-state index contributed by atoms with van der Waals surface area (Å²) in [6.45, 7) is 0.801. The van der Waals surface area contributed by atoms with E-state index in [4.69, 9.17) is 10.5 Å². The summed E-state index contributed by atoms with van der Waals surface area (Å²) in [5.74, 6) is -2.21. The quantitative estimate of drug-likeness (QED) is 0.830. The van der Waals surface area contributed by atoms with Crippen molar-refractivity contribution in [3.8, 4) is 0 Å². The summed E-state index contributed by atoms with van der Waals surface area (Å²) in [7, 11) is 1.54. The van der Waals surface area contributed by atoms with Crippen molar-refractivity contribution in [3.05, 3.63) is 29.3 Å². The maximum atomic E-state index is 13.4. The second-order valence-electron chi connectivity index (χ2n) is 4.58. The van der Waals surface area contributed by atoms with Gasteiger partial charge in [0.15, 0.2) is 0 Å². The van der Waals surface area contributed by atoms with Gasteiger partial charge in [-0.05, 0) is 25.0 Å². The fraction of sp³-hybridized carbons (Fsp3) is 0.462. The summed E-state index contributed by atoms with van der Waals surface area (Å²) in [6, 6.07) is 2.10. The number of nitrogens with two attached hydrogens (primary N) is 1. The number of carbonyl (C=O) groups is 1. The molecule has 2 rings (SSSR count). The third-order valence-corrected chi connectivity index (χ3v) is 3.11. The molecule has 0 radical (unpaired) electrons. The van der Waals surface area contributed by atoms with Gasteiger partial charge >= 0.3 is 0 Å². The Labute approximate surface area is 110 Å². The summed E-state index contributed by atoms with van der Waals surface area (Å²) >= 11 is 0. The largest absolute Gasteiger partial charge is 0.394 e.